The van der Waals surface area contributed by atoms with Crippen LogP contribution in [-0.4, -0.2) is 12.5 Å². The monoisotopic (exact) mass is 193 g/mol. The number of nitrogen functional groups attached to an aromatic ring is 1. The lowest BCUT2D eigenvalue weighted by Crippen LogP contribution is -2.23. The topological polar surface area (TPSA) is 84.5 Å². The van der Waals surface area contributed by atoms with Crippen molar-refractivity contribution in [3.05, 3.63) is 28.7 Å². The Morgan fingerprint density at radius 1 is 1.57 bits per heavy atom. The SMILES string of the molecule is CCNC(=O)c1cc(N=O)ccc1N. The van der Waals surface area contributed by atoms with Gasteiger partial charge in [0.05, 0.1) is 5.56 Å². The number of nitrogens with two attached hydrogens (primary N) is 1. The summed E-state index contributed by atoms with van der Waals surface area (Å²) in [6.07, 6.45) is 0. The first kappa shape index (κ1) is 10.2. The Morgan fingerprint density at radius 3 is 2.86 bits per heavy atom. The van der Waals surface area contributed by atoms with Crippen molar-refractivity contribution in [3.63, 3.8) is 0 Å². The average molecular weight is 193 g/mol. The van der Waals surface area contributed by atoms with Gasteiger partial charge >= 0.3 is 0 Å². The number of nitrogens with zero attached hydrogens (tertiary/aromatic N) is 1. The first-order valence-corrected chi connectivity index (χ1v) is 4.20. The molecule has 0 unspecified atom stereocenters. The van der Waals surface area contributed by atoms with Gasteiger partial charge in [-0.05, 0) is 30.3 Å². The summed E-state index contributed by atoms with van der Waals surface area (Å²) in [6.45, 7) is 2.31. The quantitative estimate of drug-likeness (QED) is 0.562. The highest BCUT2D eigenvalue weighted by Gasteiger charge is 2.09. The Bertz CT molecular complexity index is 363. The number of benzene rings is 1. The molecule has 0 aliphatic heterocycles. The fraction of sp³-hybridized carbons (Fsp3) is 0.222. The van der Waals surface area contributed by atoms with Crippen LogP contribution in [0.4, 0.5) is 11.4 Å². The van der Waals surface area contributed by atoms with Crippen LogP contribution in [0.1, 0.15) is 17.3 Å². The maximum atomic E-state index is 11.4. The highest BCUT2D eigenvalue weighted by atomic mass is 16.3. The zero-order chi connectivity index (χ0) is 10.6. The normalized spacial score (nSPS) is 9.50. The maximum absolute atomic E-state index is 11.4. The van der Waals surface area contributed by atoms with Gasteiger partial charge in [0.15, 0.2) is 0 Å². The van der Waals surface area contributed by atoms with Crippen molar-refractivity contribution in [2.24, 2.45) is 5.18 Å². The molecule has 0 atom stereocenters. The molecular weight excluding hydrogens is 182 g/mol. The number of hydrogen-bond acceptors (Lipinski definition) is 4. The number of carbonyl (C=O) groups excluding carboxylic acids is 1. The summed E-state index contributed by atoms with van der Waals surface area (Å²) < 4.78 is 0. The lowest BCUT2D eigenvalue weighted by atomic mass is 10.1. The van der Waals surface area contributed by atoms with Gasteiger partial charge in [0, 0.05) is 12.2 Å². The Balaban J connectivity index is 3.05. The fourth-order valence-corrected chi connectivity index (χ4v) is 1.05. The van der Waals surface area contributed by atoms with Gasteiger partial charge in [-0.2, -0.15) is 0 Å². The smallest absolute Gasteiger partial charge is 0.253 e. The summed E-state index contributed by atoms with van der Waals surface area (Å²) in [7, 11) is 0. The Morgan fingerprint density at radius 2 is 2.29 bits per heavy atom. The maximum Gasteiger partial charge on any atom is 0.253 e. The molecule has 0 aromatic heterocycles. The van der Waals surface area contributed by atoms with Crippen molar-refractivity contribution >= 4 is 17.3 Å². The molecule has 14 heavy (non-hydrogen) atoms. The van der Waals surface area contributed by atoms with Crippen molar-refractivity contribution in [2.75, 3.05) is 12.3 Å². The van der Waals surface area contributed by atoms with Crippen molar-refractivity contribution < 1.29 is 4.79 Å². The van der Waals surface area contributed by atoms with E-state index in [0.29, 0.717) is 12.2 Å². The molecule has 3 N–H and O–H groups in total. The molecule has 74 valence electrons. The fourth-order valence-electron chi connectivity index (χ4n) is 1.05. The van der Waals surface area contributed by atoms with E-state index in [-0.39, 0.29) is 17.2 Å². The summed E-state index contributed by atoms with van der Waals surface area (Å²) in [5.41, 5.74) is 6.38. The van der Waals surface area contributed by atoms with Crippen LogP contribution in [0.2, 0.25) is 0 Å². The van der Waals surface area contributed by atoms with E-state index in [9.17, 15) is 9.70 Å². The minimum absolute atomic E-state index is 0.195. The number of carbonyl (C=O) groups is 1. The zero-order valence-corrected chi connectivity index (χ0v) is 7.78. The van der Waals surface area contributed by atoms with E-state index in [4.69, 9.17) is 5.73 Å². The zero-order valence-electron chi connectivity index (χ0n) is 7.78. The second-order valence-electron chi connectivity index (χ2n) is 2.72. The van der Waals surface area contributed by atoms with Gasteiger partial charge in [0.2, 0.25) is 0 Å². The van der Waals surface area contributed by atoms with Crippen molar-refractivity contribution in [1.29, 1.82) is 0 Å². The molecule has 1 amide bonds. The molecule has 1 aromatic rings. The van der Waals surface area contributed by atoms with E-state index < -0.39 is 0 Å². The summed E-state index contributed by atoms with van der Waals surface area (Å²) >= 11 is 0. The van der Waals surface area contributed by atoms with Gasteiger partial charge < -0.3 is 11.1 Å². The molecule has 0 fully saturated rings. The largest absolute Gasteiger partial charge is 0.398 e. The van der Waals surface area contributed by atoms with E-state index in [1.807, 2.05) is 0 Å². The Labute approximate surface area is 81.3 Å². The summed E-state index contributed by atoms with van der Waals surface area (Å²) in [6, 6.07) is 4.32. The molecular formula is C9H11N3O2. The van der Waals surface area contributed by atoms with Gasteiger partial charge in [-0.1, -0.05) is 0 Å². The van der Waals surface area contributed by atoms with Crippen LogP contribution in [0.15, 0.2) is 23.4 Å². The van der Waals surface area contributed by atoms with Crippen LogP contribution in [0, 0.1) is 4.91 Å². The summed E-state index contributed by atoms with van der Waals surface area (Å²) in [5.74, 6) is -0.296. The molecule has 5 nitrogen and oxygen atoms in total. The predicted molar refractivity (Wildman–Crippen MR) is 54.3 cm³/mol. The number of nitrogens with one attached hydrogen (secondary N) is 1. The molecule has 1 rings (SSSR count). The number of anilines is 1. The first-order chi connectivity index (χ1) is 6.69. The number of nitroso groups, excluding NO2 is 1. The lowest BCUT2D eigenvalue weighted by Gasteiger charge is -2.05. The first-order valence-electron chi connectivity index (χ1n) is 4.20. The molecule has 0 saturated carbocycles. The van der Waals surface area contributed by atoms with Gasteiger partial charge in [0.1, 0.15) is 5.69 Å². The predicted octanol–water partition coefficient (Wildman–Crippen LogP) is 1.42. The van der Waals surface area contributed by atoms with Gasteiger partial charge in [-0.25, -0.2) is 0 Å². The van der Waals surface area contributed by atoms with Crippen LogP contribution in [-0.2, 0) is 0 Å². The van der Waals surface area contributed by atoms with Crippen LogP contribution < -0.4 is 11.1 Å². The number of rotatable bonds is 3. The van der Waals surface area contributed by atoms with E-state index in [2.05, 4.69) is 10.5 Å². The minimum Gasteiger partial charge on any atom is -0.398 e. The standard InChI is InChI=1S/C9H11N3O2/c1-2-11-9(13)7-5-6(12-14)3-4-8(7)10/h3-5H,2,10H2,1H3,(H,11,13). The molecule has 5 heteroatoms. The van der Waals surface area contributed by atoms with E-state index >= 15 is 0 Å². The summed E-state index contributed by atoms with van der Waals surface area (Å²) in [5, 5.41) is 5.32. The molecule has 1 aromatic carbocycles. The molecule has 0 aliphatic carbocycles. The van der Waals surface area contributed by atoms with Crippen molar-refractivity contribution in [3.8, 4) is 0 Å². The Kier molecular flexibility index (Phi) is 3.17. The van der Waals surface area contributed by atoms with E-state index in [0.717, 1.165) is 0 Å². The second-order valence-corrected chi connectivity index (χ2v) is 2.72. The molecule has 0 aliphatic rings. The summed E-state index contributed by atoms with van der Waals surface area (Å²) in [4.78, 5) is 21.6. The van der Waals surface area contributed by atoms with Crippen LogP contribution in [0.25, 0.3) is 0 Å². The van der Waals surface area contributed by atoms with Crippen molar-refractivity contribution in [2.45, 2.75) is 6.92 Å². The van der Waals surface area contributed by atoms with Crippen LogP contribution >= 0.6 is 0 Å². The van der Waals surface area contributed by atoms with Crippen LogP contribution in [0.3, 0.4) is 0 Å². The molecule has 0 radical (unpaired) electrons. The van der Waals surface area contributed by atoms with Crippen molar-refractivity contribution in [1.82, 2.24) is 5.32 Å². The minimum atomic E-state index is -0.296. The molecule has 0 heterocycles. The van der Waals surface area contributed by atoms with Gasteiger partial charge in [-0.15, -0.1) is 4.91 Å². The second kappa shape index (κ2) is 4.36. The van der Waals surface area contributed by atoms with E-state index in [1.165, 1.54) is 18.2 Å². The van der Waals surface area contributed by atoms with Gasteiger partial charge in [-0.3, -0.25) is 4.79 Å². The number of hydrogen-bond donors (Lipinski definition) is 2. The lowest BCUT2D eigenvalue weighted by molar-refractivity contribution is 0.0957. The van der Waals surface area contributed by atoms with Gasteiger partial charge in [0.25, 0.3) is 5.91 Å². The third-order valence-corrected chi connectivity index (χ3v) is 1.72. The molecule has 0 bridgehead atoms. The third-order valence-electron chi connectivity index (χ3n) is 1.72. The molecule has 0 spiro atoms. The molecule has 0 saturated heterocycles. The van der Waals surface area contributed by atoms with Crippen LogP contribution in [0.5, 0.6) is 0 Å². The Hall–Kier alpha value is -1.91. The average Bonchev–Trinajstić information content (AvgIpc) is 2.19. The third kappa shape index (κ3) is 2.07. The number of amides is 1. The highest BCUT2D eigenvalue weighted by molar-refractivity contribution is 5.99. The van der Waals surface area contributed by atoms with E-state index in [1.54, 1.807) is 6.92 Å². The highest BCUT2D eigenvalue weighted by Crippen LogP contribution is 2.19.